The van der Waals surface area contributed by atoms with Crippen molar-refractivity contribution in [2.24, 2.45) is 0 Å². The molecule has 0 aliphatic heterocycles. The molecule has 3 aromatic rings. The van der Waals surface area contributed by atoms with E-state index >= 15 is 0 Å². The molecular weight excluding hydrogens is 413 g/mol. The van der Waals surface area contributed by atoms with Gasteiger partial charge in [0.05, 0.1) is 17.6 Å². The lowest BCUT2D eigenvalue weighted by atomic mass is 10.0. The van der Waals surface area contributed by atoms with Crippen LogP contribution in [0.2, 0.25) is 5.02 Å². The van der Waals surface area contributed by atoms with Gasteiger partial charge in [-0.15, -0.1) is 0 Å². The van der Waals surface area contributed by atoms with Crippen LogP contribution < -0.4 is 10.2 Å². The molecule has 0 aliphatic carbocycles. The Hall–Kier alpha value is -3.00. The Bertz CT molecular complexity index is 1100. The normalized spacial score (nSPS) is 11.5. The molecule has 0 atom stereocenters. The highest BCUT2D eigenvalue weighted by Gasteiger charge is 2.39. The molecule has 0 saturated heterocycles. The quantitative estimate of drug-likeness (QED) is 0.375. The Morgan fingerprint density at radius 2 is 1.83 bits per heavy atom. The lowest BCUT2D eigenvalue weighted by molar-refractivity contribution is -0.152. The zero-order valence-corrected chi connectivity index (χ0v) is 15.8. The molecule has 0 aliphatic rings. The predicted octanol–water partition coefficient (Wildman–Crippen LogP) is 6.06. The maximum absolute atomic E-state index is 13.6. The second-order valence-electron chi connectivity index (χ2n) is 6.00. The second kappa shape index (κ2) is 8.16. The van der Waals surface area contributed by atoms with Crippen LogP contribution in [0, 0.1) is 0 Å². The fourth-order valence-electron chi connectivity index (χ4n) is 2.63. The van der Waals surface area contributed by atoms with Gasteiger partial charge in [-0.25, -0.2) is 4.79 Å². The van der Waals surface area contributed by atoms with Crippen molar-refractivity contribution in [1.29, 1.82) is 0 Å². The van der Waals surface area contributed by atoms with Crippen molar-refractivity contribution in [1.82, 2.24) is 0 Å². The average molecular weight is 427 g/mol. The number of carbonyl (C=O) groups excluding carboxylic acids is 1. The Morgan fingerprint density at radius 1 is 1.14 bits per heavy atom. The fourth-order valence-corrected chi connectivity index (χ4v) is 2.75. The summed E-state index contributed by atoms with van der Waals surface area (Å²) >= 11 is 5.78. The minimum Gasteiger partial charge on any atom is -0.450 e. The summed E-state index contributed by atoms with van der Waals surface area (Å²) < 4.78 is 55.5. The lowest BCUT2D eigenvalue weighted by Crippen LogP contribution is -2.16. The summed E-state index contributed by atoms with van der Waals surface area (Å²) in [6.45, 7) is 1.92. The molecule has 1 heterocycles. The fraction of sp³-hybridized carbons (Fsp3) is 0.200. The van der Waals surface area contributed by atoms with Crippen molar-refractivity contribution in [2.45, 2.75) is 19.5 Å². The summed E-state index contributed by atoms with van der Waals surface area (Å²) in [5.74, 6) is -1.57. The van der Waals surface area contributed by atoms with Crippen molar-refractivity contribution in [3.8, 4) is 16.9 Å². The summed E-state index contributed by atoms with van der Waals surface area (Å²) in [6.07, 6.45) is -5.37. The van der Waals surface area contributed by atoms with Crippen LogP contribution in [-0.4, -0.2) is 12.8 Å². The van der Waals surface area contributed by atoms with Crippen LogP contribution in [0.1, 0.15) is 19.1 Å². The van der Waals surface area contributed by atoms with Gasteiger partial charge >= 0.3 is 12.3 Å². The van der Waals surface area contributed by atoms with Gasteiger partial charge in [-0.1, -0.05) is 30.7 Å². The molecule has 0 N–H and O–H groups in total. The highest BCUT2D eigenvalue weighted by molar-refractivity contribution is 6.30. The van der Waals surface area contributed by atoms with Gasteiger partial charge in [-0.3, -0.25) is 4.79 Å². The monoisotopic (exact) mass is 426 g/mol. The summed E-state index contributed by atoms with van der Waals surface area (Å²) in [7, 11) is 0. The first-order valence-corrected chi connectivity index (χ1v) is 8.87. The first kappa shape index (κ1) is 20.7. The number of halogens is 4. The minimum absolute atomic E-state index is 0.0147. The Labute approximate surface area is 167 Å². The molecule has 5 nitrogen and oxygen atoms in total. The van der Waals surface area contributed by atoms with Crippen molar-refractivity contribution in [2.75, 3.05) is 6.61 Å². The van der Waals surface area contributed by atoms with Gasteiger partial charge in [0.25, 0.3) is 0 Å². The zero-order valence-electron chi connectivity index (χ0n) is 15.0. The van der Waals surface area contributed by atoms with E-state index in [1.807, 2.05) is 0 Å². The first-order chi connectivity index (χ1) is 13.7. The van der Waals surface area contributed by atoms with E-state index in [9.17, 15) is 22.8 Å². The number of rotatable bonds is 4. The molecule has 3 rings (SSSR count). The highest BCUT2D eigenvalue weighted by atomic mass is 35.5. The van der Waals surface area contributed by atoms with Crippen LogP contribution in [0.5, 0.6) is 5.75 Å². The van der Waals surface area contributed by atoms with Crippen LogP contribution in [-0.2, 0) is 10.9 Å². The van der Waals surface area contributed by atoms with E-state index in [0.29, 0.717) is 11.4 Å². The summed E-state index contributed by atoms with van der Waals surface area (Å²) in [5.41, 5.74) is -1.86. The lowest BCUT2D eigenvalue weighted by Gasteiger charge is -2.13. The van der Waals surface area contributed by atoms with Crippen LogP contribution in [0.25, 0.3) is 22.1 Å². The molecule has 0 radical (unpaired) electrons. The van der Waals surface area contributed by atoms with E-state index in [0.717, 1.165) is 6.07 Å². The molecule has 0 spiro atoms. The van der Waals surface area contributed by atoms with E-state index in [2.05, 4.69) is 0 Å². The van der Waals surface area contributed by atoms with Crippen molar-refractivity contribution < 1.29 is 31.9 Å². The van der Waals surface area contributed by atoms with Gasteiger partial charge in [0.15, 0.2) is 0 Å². The number of carbonyl (C=O) groups is 1. The van der Waals surface area contributed by atoms with Crippen molar-refractivity contribution in [3.63, 3.8) is 0 Å². The maximum Gasteiger partial charge on any atom is 0.513 e. The maximum atomic E-state index is 13.6. The largest absolute Gasteiger partial charge is 0.513 e. The van der Waals surface area contributed by atoms with Gasteiger partial charge in [-0.05, 0) is 36.2 Å². The van der Waals surface area contributed by atoms with Crippen LogP contribution in [0.15, 0.2) is 51.7 Å². The van der Waals surface area contributed by atoms with E-state index < -0.39 is 29.1 Å². The van der Waals surface area contributed by atoms with E-state index in [-0.39, 0.29) is 28.9 Å². The average Bonchev–Trinajstić information content (AvgIpc) is 2.66. The number of ether oxygens (including phenoxy) is 2. The Kier molecular flexibility index (Phi) is 5.83. The van der Waals surface area contributed by atoms with Gasteiger partial charge < -0.3 is 13.9 Å². The topological polar surface area (TPSA) is 65.7 Å². The van der Waals surface area contributed by atoms with Crippen LogP contribution >= 0.6 is 11.6 Å². The number of hydrogen-bond donors (Lipinski definition) is 0. The molecule has 9 heteroatoms. The molecule has 1 aromatic heterocycles. The van der Waals surface area contributed by atoms with Gasteiger partial charge in [0, 0.05) is 11.1 Å². The molecule has 2 aromatic carbocycles. The molecule has 29 heavy (non-hydrogen) atoms. The molecule has 0 unspecified atom stereocenters. The van der Waals surface area contributed by atoms with Gasteiger partial charge in [-0.2, -0.15) is 13.2 Å². The Balaban J connectivity index is 2.14. The predicted molar refractivity (Wildman–Crippen MR) is 100 cm³/mol. The first-order valence-electron chi connectivity index (χ1n) is 8.49. The van der Waals surface area contributed by atoms with Crippen LogP contribution in [0.4, 0.5) is 18.0 Å². The number of fused-ring (bicyclic) bond motifs is 1. The molecule has 0 amide bonds. The number of hydrogen-bond acceptors (Lipinski definition) is 5. The SMILES string of the molecule is CCCOC(=O)Oc1ccc2c(=O)c(-c3ccc(Cl)cc3)c(C(F)(F)F)oc2c1. The molecule has 0 fully saturated rings. The van der Waals surface area contributed by atoms with Crippen molar-refractivity contribution >= 4 is 28.7 Å². The van der Waals surface area contributed by atoms with E-state index in [1.54, 1.807) is 6.92 Å². The Morgan fingerprint density at radius 3 is 2.45 bits per heavy atom. The number of alkyl halides is 3. The molecule has 0 saturated carbocycles. The third-order valence-electron chi connectivity index (χ3n) is 3.88. The van der Waals surface area contributed by atoms with Gasteiger partial charge in [0.2, 0.25) is 11.2 Å². The smallest absolute Gasteiger partial charge is 0.450 e. The third kappa shape index (κ3) is 4.54. The molecule has 152 valence electrons. The highest BCUT2D eigenvalue weighted by Crippen LogP contribution is 2.38. The number of benzene rings is 2. The molecule has 0 bridgehead atoms. The second-order valence-corrected chi connectivity index (χ2v) is 6.43. The van der Waals surface area contributed by atoms with Gasteiger partial charge in [0.1, 0.15) is 11.3 Å². The third-order valence-corrected chi connectivity index (χ3v) is 4.13. The summed E-state index contributed by atoms with van der Waals surface area (Å²) in [4.78, 5) is 24.4. The molecular formula is C20H14ClF3O5. The van der Waals surface area contributed by atoms with Crippen molar-refractivity contribution in [3.05, 3.63) is 63.5 Å². The standard InChI is InChI=1S/C20H14ClF3O5/c1-2-9-27-19(26)28-13-7-8-14-15(10-13)29-18(20(22,23)24)16(17(14)25)11-3-5-12(21)6-4-11/h3-8,10H,2,9H2,1H3. The zero-order chi connectivity index (χ0) is 21.2. The minimum atomic E-state index is -4.93. The summed E-state index contributed by atoms with van der Waals surface area (Å²) in [5, 5.41) is 0.210. The van der Waals surface area contributed by atoms with E-state index in [4.69, 9.17) is 25.5 Å². The van der Waals surface area contributed by atoms with Crippen LogP contribution in [0.3, 0.4) is 0 Å². The van der Waals surface area contributed by atoms with E-state index in [1.165, 1.54) is 36.4 Å². The summed E-state index contributed by atoms with van der Waals surface area (Å²) in [6, 6.07) is 8.88.